The number of nitrogen functional groups attached to an aromatic ring is 1. The molecule has 2 N–H and O–H groups in total. The molecule has 2 aromatic rings. The molecule has 0 bridgehead atoms. The predicted octanol–water partition coefficient (Wildman–Crippen LogP) is 2.69. The normalized spacial score (nSPS) is 10.9. The summed E-state index contributed by atoms with van der Waals surface area (Å²) in [6, 6.07) is 2.82. The largest absolute Gasteiger partial charge is 0.488 e. The van der Waals surface area contributed by atoms with Gasteiger partial charge in [-0.3, -0.25) is 0 Å². The van der Waals surface area contributed by atoms with E-state index in [1.807, 2.05) is 27.0 Å². The minimum atomic E-state index is -0.464. The second kappa shape index (κ2) is 4.68. The quantitative estimate of drug-likeness (QED) is 0.851. The molecule has 0 unspecified atom stereocenters. The van der Waals surface area contributed by atoms with E-state index in [0.29, 0.717) is 11.4 Å². The van der Waals surface area contributed by atoms with Gasteiger partial charge in [0.05, 0.1) is 23.7 Å². The fourth-order valence-corrected chi connectivity index (χ4v) is 1.65. The third-order valence-electron chi connectivity index (χ3n) is 2.40. The summed E-state index contributed by atoms with van der Waals surface area (Å²) in [7, 11) is 0. The van der Waals surface area contributed by atoms with E-state index in [9.17, 15) is 4.39 Å². The molecule has 0 fully saturated rings. The Labute approximate surface area is 105 Å². The maximum Gasteiger partial charge on any atom is 0.167 e. The number of ether oxygens (including phenoxy) is 1. The van der Waals surface area contributed by atoms with Crippen LogP contribution in [0.3, 0.4) is 0 Å². The Morgan fingerprint density at radius 2 is 2.11 bits per heavy atom. The van der Waals surface area contributed by atoms with Crippen molar-refractivity contribution in [1.82, 2.24) is 9.78 Å². The molecule has 1 heterocycles. The number of nitrogens with two attached hydrogens (primary N) is 1. The van der Waals surface area contributed by atoms with Gasteiger partial charge in [-0.05, 0) is 26.3 Å². The van der Waals surface area contributed by atoms with Crippen LogP contribution < -0.4 is 10.5 Å². The van der Waals surface area contributed by atoms with Gasteiger partial charge < -0.3 is 10.5 Å². The summed E-state index contributed by atoms with van der Waals surface area (Å²) < 4.78 is 20.7. The third-order valence-corrected chi connectivity index (χ3v) is 2.40. The molecule has 0 aliphatic rings. The maximum atomic E-state index is 13.7. The van der Waals surface area contributed by atoms with Crippen molar-refractivity contribution in [3.8, 4) is 11.4 Å². The number of anilines is 1. The van der Waals surface area contributed by atoms with Crippen LogP contribution >= 0.6 is 0 Å². The molecule has 18 heavy (non-hydrogen) atoms. The summed E-state index contributed by atoms with van der Waals surface area (Å²) in [5.41, 5.74) is 7.75. The Bertz CT molecular complexity index is 563. The van der Waals surface area contributed by atoms with Crippen LogP contribution in [0.1, 0.15) is 19.4 Å². The van der Waals surface area contributed by atoms with Crippen LogP contribution in [-0.2, 0) is 0 Å². The first-order chi connectivity index (χ1) is 8.47. The molecule has 4 nitrogen and oxygen atoms in total. The van der Waals surface area contributed by atoms with E-state index in [1.165, 1.54) is 6.07 Å². The smallest absolute Gasteiger partial charge is 0.167 e. The first-order valence-corrected chi connectivity index (χ1v) is 5.74. The Morgan fingerprint density at radius 1 is 1.39 bits per heavy atom. The molecule has 2 rings (SSSR count). The van der Waals surface area contributed by atoms with Crippen molar-refractivity contribution in [1.29, 1.82) is 0 Å². The topological polar surface area (TPSA) is 53.1 Å². The molecular weight excluding hydrogens is 233 g/mol. The van der Waals surface area contributed by atoms with Gasteiger partial charge in [-0.15, -0.1) is 0 Å². The van der Waals surface area contributed by atoms with E-state index < -0.39 is 5.82 Å². The molecule has 0 radical (unpaired) electrons. The molecule has 0 amide bonds. The summed E-state index contributed by atoms with van der Waals surface area (Å²) in [4.78, 5) is 0. The van der Waals surface area contributed by atoms with Gasteiger partial charge in [0.2, 0.25) is 0 Å². The molecule has 0 atom stereocenters. The van der Waals surface area contributed by atoms with Crippen molar-refractivity contribution in [3.63, 3.8) is 0 Å². The molecule has 0 saturated carbocycles. The highest BCUT2D eigenvalue weighted by atomic mass is 19.1. The Balaban J connectivity index is 2.47. The zero-order valence-electron chi connectivity index (χ0n) is 10.6. The van der Waals surface area contributed by atoms with Crippen molar-refractivity contribution in [3.05, 3.63) is 35.9 Å². The van der Waals surface area contributed by atoms with Crippen molar-refractivity contribution < 1.29 is 9.13 Å². The first kappa shape index (κ1) is 12.4. The van der Waals surface area contributed by atoms with Crippen LogP contribution in [0.15, 0.2) is 24.5 Å². The van der Waals surface area contributed by atoms with Gasteiger partial charge in [-0.25, -0.2) is 9.07 Å². The summed E-state index contributed by atoms with van der Waals surface area (Å²) >= 11 is 0. The second-order valence-corrected chi connectivity index (χ2v) is 4.47. The van der Waals surface area contributed by atoms with Gasteiger partial charge in [-0.2, -0.15) is 5.10 Å². The Morgan fingerprint density at radius 3 is 2.67 bits per heavy atom. The van der Waals surface area contributed by atoms with Crippen LogP contribution in [0.25, 0.3) is 5.69 Å². The number of halogens is 1. The van der Waals surface area contributed by atoms with E-state index in [2.05, 4.69) is 5.10 Å². The minimum Gasteiger partial charge on any atom is -0.488 e. The Kier molecular flexibility index (Phi) is 3.23. The summed E-state index contributed by atoms with van der Waals surface area (Å²) in [5.74, 6) is -0.281. The lowest BCUT2D eigenvalue weighted by molar-refractivity contribution is 0.231. The standard InChI is InChI=1S/C13H16FN3O/c1-8(2)18-13-5-12(11(15)4-10(13)14)17-7-9(3)6-16-17/h4-8H,15H2,1-3H3. The van der Waals surface area contributed by atoms with E-state index in [0.717, 1.165) is 5.56 Å². The molecule has 0 spiro atoms. The third kappa shape index (κ3) is 2.45. The minimum absolute atomic E-state index is 0.102. The number of rotatable bonds is 3. The summed E-state index contributed by atoms with van der Waals surface area (Å²) in [6.45, 7) is 5.61. The lowest BCUT2D eigenvalue weighted by Gasteiger charge is -2.13. The van der Waals surface area contributed by atoms with Crippen molar-refractivity contribution in [2.75, 3.05) is 5.73 Å². The molecule has 96 valence electrons. The molecule has 5 heteroatoms. The highest BCUT2D eigenvalue weighted by Gasteiger charge is 2.12. The zero-order chi connectivity index (χ0) is 13.3. The fourth-order valence-electron chi connectivity index (χ4n) is 1.65. The predicted molar refractivity (Wildman–Crippen MR) is 68.4 cm³/mol. The second-order valence-electron chi connectivity index (χ2n) is 4.47. The zero-order valence-corrected chi connectivity index (χ0v) is 10.6. The van der Waals surface area contributed by atoms with Gasteiger partial charge in [-0.1, -0.05) is 0 Å². The number of hydrogen-bond acceptors (Lipinski definition) is 3. The van der Waals surface area contributed by atoms with E-state index in [-0.39, 0.29) is 11.9 Å². The number of nitrogens with zero attached hydrogens (tertiary/aromatic N) is 2. The number of hydrogen-bond donors (Lipinski definition) is 1. The fraction of sp³-hybridized carbons (Fsp3) is 0.308. The van der Waals surface area contributed by atoms with Crippen molar-refractivity contribution >= 4 is 5.69 Å². The summed E-state index contributed by atoms with van der Waals surface area (Å²) in [5, 5.41) is 4.16. The Hall–Kier alpha value is -2.04. The van der Waals surface area contributed by atoms with E-state index >= 15 is 0 Å². The maximum absolute atomic E-state index is 13.7. The van der Waals surface area contributed by atoms with Gasteiger partial charge in [0, 0.05) is 18.3 Å². The van der Waals surface area contributed by atoms with Crippen LogP contribution in [0, 0.1) is 12.7 Å². The molecule has 0 aliphatic carbocycles. The lowest BCUT2D eigenvalue weighted by atomic mass is 10.2. The monoisotopic (exact) mass is 249 g/mol. The molecular formula is C13H16FN3O. The molecule has 1 aromatic carbocycles. The van der Waals surface area contributed by atoms with Crippen LogP contribution in [0.5, 0.6) is 5.75 Å². The molecule has 1 aromatic heterocycles. The average Bonchev–Trinajstić information content (AvgIpc) is 2.68. The van der Waals surface area contributed by atoms with Crippen molar-refractivity contribution in [2.45, 2.75) is 26.9 Å². The van der Waals surface area contributed by atoms with Gasteiger partial charge in [0.15, 0.2) is 11.6 Å². The first-order valence-electron chi connectivity index (χ1n) is 5.74. The van der Waals surface area contributed by atoms with E-state index in [1.54, 1.807) is 16.9 Å². The lowest BCUT2D eigenvalue weighted by Crippen LogP contribution is -2.09. The van der Waals surface area contributed by atoms with E-state index in [4.69, 9.17) is 10.5 Å². The average molecular weight is 249 g/mol. The van der Waals surface area contributed by atoms with Crippen LogP contribution in [0.4, 0.5) is 10.1 Å². The highest BCUT2D eigenvalue weighted by molar-refractivity contribution is 5.60. The molecule has 0 saturated heterocycles. The van der Waals surface area contributed by atoms with Crippen molar-refractivity contribution in [2.24, 2.45) is 0 Å². The SMILES string of the molecule is Cc1cnn(-c2cc(OC(C)C)c(F)cc2N)c1. The van der Waals surface area contributed by atoms with Gasteiger partial charge >= 0.3 is 0 Å². The van der Waals surface area contributed by atoms with Crippen LogP contribution in [0.2, 0.25) is 0 Å². The summed E-state index contributed by atoms with van der Waals surface area (Å²) in [6.07, 6.45) is 3.43. The number of aryl methyl sites for hydroxylation is 1. The number of aromatic nitrogens is 2. The van der Waals surface area contributed by atoms with Gasteiger partial charge in [0.25, 0.3) is 0 Å². The van der Waals surface area contributed by atoms with Gasteiger partial charge in [0.1, 0.15) is 0 Å². The molecule has 0 aliphatic heterocycles. The van der Waals surface area contributed by atoms with Crippen LogP contribution in [-0.4, -0.2) is 15.9 Å². The highest BCUT2D eigenvalue weighted by Crippen LogP contribution is 2.27. The number of benzene rings is 1.